The number of hydrogen-bond acceptors (Lipinski definition) is 3. The number of benzene rings is 1. The number of nitrogens with two attached hydrogens (primary N) is 1. The number of aryl methyl sites for hydroxylation is 2. The van der Waals surface area contributed by atoms with Crippen LogP contribution in [-0.4, -0.2) is 15.0 Å². The molecule has 1 heterocycles. The maximum absolute atomic E-state index is 5.72. The first-order chi connectivity index (χ1) is 8.67. The molecule has 0 saturated heterocycles. The lowest BCUT2D eigenvalue weighted by atomic mass is 10.1. The molecule has 2 rings (SSSR count). The highest BCUT2D eigenvalue weighted by Gasteiger charge is 2.13. The van der Waals surface area contributed by atoms with Gasteiger partial charge in [0, 0.05) is 6.54 Å². The standard InChI is InChI=1S/C14H20N4/c1-4-5-13-12(9-15)16-17-18(13)14-8-10(2)6-7-11(14)3/h6-8H,4-5,9,15H2,1-3H3. The lowest BCUT2D eigenvalue weighted by Crippen LogP contribution is -2.07. The number of rotatable bonds is 4. The quantitative estimate of drug-likeness (QED) is 0.897. The summed E-state index contributed by atoms with van der Waals surface area (Å²) in [5.74, 6) is 0. The molecule has 2 aromatic rings. The summed E-state index contributed by atoms with van der Waals surface area (Å²) in [6, 6.07) is 6.37. The minimum Gasteiger partial charge on any atom is -0.325 e. The Morgan fingerprint density at radius 1 is 1.28 bits per heavy atom. The van der Waals surface area contributed by atoms with Crippen molar-refractivity contribution in [2.24, 2.45) is 5.73 Å². The smallest absolute Gasteiger partial charge is 0.0999 e. The van der Waals surface area contributed by atoms with Gasteiger partial charge in [0.15, 0.2) is 0 Å². The van der Waals surface area contributed by atoms with E-state index in [1.165, 1.54) is 11.1 Å². The summed E-state index contributed by atoms with van der Waals surface area (Å²) in [6.45, 7) is 6.78. The molecule has 2 N–H and O–H groups in total. The van der Waals surface area contributed by atoms with Crippen LogP contribution in [-0.2, 0) is 13.0 Å². The molecule has 0 aliphatic heterocycles. The Morgan fingerprint density at radius 2 is 2.06 bits per heavy atom. The van der Waals surface area contributed by atoms with Crippen LogP contribution in [0.2, 0.25) is 0 Å². The predicted molar refractivity (Wildman–Crippen MR) is 72.7 cm³/mol. The Hall–Kier alpha value is -1.68. The summed E-state index contributed by atoms with van der Waals surface area (Å²) in [6.07, 6.45) is 2.01. The van der Waals surface area contributed by atoms with Crippen LogP contribution in [0.5, 0.6) is 0 Å². The van der Waals surface area contributed by atoms with E-state index in [-0.39, 0.29) is 0 Å². The summed E-state index contributed by atoms with van der Waals surface area (Å²) in [5, 5.41) is 8.45. The van der Waals surface area contributed by atoms with Gasteiger partial charge in [0.2, 0.25) is 0 Å². The fourth-order valence-corrected chi connectivity index (χ4v) is 2.12. The van der Waals surface area contributed by atoms with Gasteiger partial charge < -0.3 is 5.73 Å². The minimum atomic E-state index is 0.445. The van der Waals surface area contributed by atoms with Crippen LogP contribution in [0.3, 0.4) is 0 Å². The Labute approximate surface area is 108 Å². The third-order valence-corrected chi connectivity index (χ3v) is 3.12. The van der Waals surface area contributed by atoms with Gasteiger partial charge in [-0.2, -0.15) is 0 Å². The first-order valence-electron chi connectivity index (χ1n) is 6.38. The monoisotopic (exact) mass is 244 g/mol. The molecule has 0 saturated carbocycles. The van der Waals surface area contributed by atoms with Crippen LogP contribution in [0.15, 0.2) is 18.2 Å². The topological polar surface area (TPSA) is 56.7 Å². The summed E-state index contributed by atoms with van der Waals surface area (Å²) >= 11 is 0. The van der Waals surface area contributed by atoms with Gasteiger partial charge in [0.05, 0.1) is 17.1 Å². The third-order valence-electron chi connectivity index (χ3n) is 3.12. The molecule has 0 aliphatic carbocycles. The van der Waals surface area contributed by atoms with Crippen molar-refractivity contribution in [2.75, 3.05) is 0 Å². The van der Waals surface area contributed by atoms with Gasteiger partial charge in [-0.3, -0.25) is 0 Å². The van der Waals surface area contributed by atoms with Gasteiger partial charge >= 0.3 is 0 Å². The van der Waals surface area contributed by atoms with Crippen molar-refractivity contribution in [3.63, 3.8) is 0 Å². The molecule has 0 amide bonds. The van der Waals surface area contributed by atoms with E-state index >= 15 is 0 Å². The Bertz CT molecular complexity index is 543. The van der Waals surface area contributed by atoms with Crippen LogP contribution in [0, 0.1) is 13.8 Å². The SMILES string of the molecule is CCCc1c(CN)nnn1-c1cc(C)ccc1C. The van der Waals surface area contributed by atoms with Gasteiger partial charge in [0.1, 0.15) is 0 Å². The lowest BCUT2D eigenvalue weighted by molar-refractivity contribution is 0.741. The molecule has 1 aromatic carbocycles. The van der Waals surface area contributed by atoms with Crippen molar-refractivity contribution in [1.82, 2.24) is 15.0 Å². The largest absolute Gasteiger partial charge is 0.325 e. The maximum Gasteiger partial charge on any atom is 0.0999 e. The lowest BCUT2D eigenvalue weighted by Gasteiger charge is -2.10. The van der Waals surface area contributed by atoms with Gasteiger partial charge in [-0.15, -0.1) is 5.10 Å². The van der Waals surface area contributed by atoms with Crippen molar-refractivity contribution in [2.45, 2.75) is 40.2 Å². The molecule has 18 heavy (non-hydrogen) atoms. The van der Waals surface area contributed by atoms with Crippen molar-refractivity contribution in [3.05, 3.63) is 40.7 Å². The van der Waals surface area contributed by atoms with Gasteiger partial charge in [-0.25, -0.2) is 4.68 Å². The van der Waals surface area contributed by atoms with Crippen LogP contribution >= 0.6 is 0 Å². The summed E-state index contributed by atoms with van der Waals surface area (Å²) in [7, 11) is 0. The molecular weight excluding hydrogens is 224 g/mol. The first-order valence-corrected chi connectivity index (χ1v) is 6.38. The summed E-state index contributed by atoms with van der Waals surface area (Å²) in [4.78, 5) is 0. The second kappa shape index (κ2) is 5.31. The fraction of sp³-hybridized carbons (Fsp3) is 0.429. The van der Waals surface area contributed by atoms with Crippen LogP contribution in [0.25, 0.3) is 5.69 Å². The van der Waals surface area contributed by atoms with E-state index in [1.54, 1.807) is 0 Å². The molecule has 96 valence electrons. The molecule has 4 heteroatoms. The zero-order valence-electron chi connectivity index (χ0n) is 11.3. The zero-order valence-corrected chi connectivity index (χ0v) is 11.3. The molecule has 0 spiro atoms. The molecule has 0 unspecified atom stereocenters. The molecule has 0 aliphatic rings. The highest BCUT2D eigenvalue weighted by Crippen LogP contribution is 2.19. The van der Waals surface area contributed by atoms with E-state index in [0.29, 0.717) is 6.54 Å². The van der Waals surface area contributed by atoms with E-state index < -0.39 is 0 Å². The molecule has 0 atom stereocenters. The van der Waals surface area contributed by atoms with E-state index in [4.69, 9.17) is 5.73 Å². The summed E-state index contributed by atoms with van der Waals surface area (Å²) in [5.41, 5.74) is 11.3. The Kier molecular flexibility index (Phi) is 3.77. The van der Waals surface area contributed by atoms with Gasteiger partial charge in [-0.05, 0) is 37.5 Å². The van der Waals surface area contributed by atoms with Crippen molar-refractivity contribution < 1.29 is 0 Å². The Morgan fingerprint density at radius 3 is 2.72 bits per heavy atom. The molecule has 0 radical (unpaired) electrons. The van der Waals surface area contributed by atoms with Crippen LogP contribution in [0.4, 0.5) is 0 Å². The highest BCUT2D eigenvalue weighted by molar-refractivity contribution is 5.43. The third kappa shape index (κ3) is 2.29. The fourth-order valence-electron chi connectivity index (χ4n) is 2.12. The Balaban J connectivity index is 2.56. The second-order valence-corrected chi connectivity index (χ2v) is 4.64. The summed E-state index contributed by atoms with van der Waals surface area (Å²) < 4.78 is 1.94. The molecule has 0 bridgehead atoms. The number of nitrogens with zero attached hydrogens (tertiary/aromatic N) is 3. The second-order valence-electron chi connectivity index (χ2n) is 4.64. The normalized spacial score (nSPS) is 10.9. The van der Waals surface area contributed by atoms with E-state index in [2.05, 4.69) is 49.3 Å². The van der Waals surface area contributed by atoms with Crippen molar-refractivity contribution in [3.8, 4) is 5.69 Å². The minimum absolute atomic E-state index is 0.445. The van der Waals surface area contributed by atoms with E-state index in [0.717, 1.165) is 29.9 Å². The molecule has 0 fully saturated rings. The molecule has 4 nitrogen and oxygen atoms in total. The van der Waals surface area contributed by atoms with Gasteiger partial charge in [-0.1, -0.05) is 30.7 Å². The predicted octanol–water partition coefficient (Wildman–Crippen LogP) is 2.30. The van der Waals surface area contributed by atoms with Gasteiger partial charge in [0.25, 0.3) is 0 Å². The van der Waals surface area contributed by atoms with E-state index in [9.17, 15) is 0 Å². The molecular formula is C14H20N4. The number of hydrogen-bond donors (Lipinski definition) is 1. The van der Waals surface area contributed by atoms with Crippen molar-refractivity contribution in [1.29, 1.82) is 0 Å². The average molecular weight is 244 g/mol. The van der Waals surface area contributed by atoms with Crippen LogP contribution in [0.1, 0.15) is 35.9 Å². The first kappa shape index (κ1) is 12.8. The van der Waals surface area contributed by atoms with Crippen molar-refractivity contribution >= 4 is 0 Å². The number of aromatic nitrogens is 3. The molecule has 1 aromatic heterocycles. The maximum atomic E-state index is 5.72. The van der Waals surface area contributed by atoms with Crippen LogP contribution < -0.4 is 5.73 Å². The highest BCUT2D eigenvalue weighted by atomic mass is 15.4. The van der Waals surface area contributed by atoms with E-state index in [1.807, 2.05) is 4.68 Å². The zero-order chi connectivity index (χ0) is 13.1. The average Bonchev–Trinajstić information content (AvgIpc) is 2.76.